The molecular formula is C30H31BrN2O2. The Hall–Kier alpha value is -2.60. The van der Waals surface area contributed by atoms with Crippen LogP contribution in [0.1, 0.15) is 28.8 Å². The van der Waals surface area contributed by atoms with E-state index in [1.807, 2.05) is 6.07 Å². The van der Waals surface area contributed by atoms with Crippen LogP contribution in [0.4, 0.5) is 0 Å². The second-order valence-electron chi connectivity index (χ2n) is 10.2. The Morgan fingerprint density at radius 3 is 2.71 bits per heavy atom. The molecule has 0 bridgehead atoms. The van der Waals surface area contributed by atoms with E-state index in [1.165, 1.54) is 27.8 Å². The van der Waals surface area contributed by atoms with Gasteiger partial charge in [-0.1, -0.05) is 64.5 Å². The zero-order valence-corrected chi connectivity index (χ0v) is 21.6. The van der Waals surface area contributed by atoms with Crippen molar-refractivity contribution >= 4 is 26.8 Å². The molecule has 1 aromatic heterocycles. The third kappa shape index (κ3) is 3.90. The summed E-state index contributed by atoms with van der Waals surface area (Å²) in [6.45, 7) is 2.58. The number of rotatable bonds is 5. The molecule has 0 amide bonds. The smallest absolute Gasteiger partial charge is 0.119 e. The minimum atomic E-state index is -0.872. The van der Waals surface area contributed by atoms with Crippen molar-refractivity contribution in [3.63, 3.8) is 0 Å². The summed E-state index contributed by atoms with van der Waals surface area (Å²) in [5.74, 6) is 0.845. The van der Waals surface area contributed by atoms with Gasteiger partial charge in [-0.2, -0.15) is 0 Å². The average molecular weight is 531 g/mol. The van der Waals surface area contributed by atoms with Gasteiger partial charge in [-0.15, -0.1) is 0 Å². The lowest BCUT2D eigenvalue weighted by Crippen LogP contribution is -2.66. The van der Waals surface area contributed by atoms with E-state index in [2.05, 4.69) is 92.5 Å². The van der Waals surface area contributed by atoms with E-state index in [9.17, 15) is 5.11 Å². The van der Waals surface area contributed by atoms with Crippen LogP contribution in [-0.4, -0.2) is 47.3 Å². The second-order valence-corrected chi connectivity index (χ2v) is 11.1. The number of benzene rings is 3. The summed E-state index contributed by atoms with van der Waals surface area (Å²) in [6.07, 6.45) is 3.34. The van der Waals surface area contributed by atoms with Crippen LogP contribution in [0.5, 0.6) is 5.75 Å². The molecule has 1 aliphatic carbocycles. The van der Waals surface area contributed by atoms with Crippen LogP contribution in [0.25, 0.3) is 10.9 Å². The normalized spacial score (nSPS) is 24.2. The molecule has 1 saturated heterocycles. The number of β-amino-alcohol motifs (C(OH)–C–C–N with tert-alkyl or cyclic N) is 1. The zero-order chi connectivity index (χ0) is 24.0. The van der Waals surface area contributed by atoms with Crippen molar-refractivity contribution in [2.24, 2.45) is 0 Å². The summed E-state index contributed by atoms with van der Waals surface area (Å²) < 4.78 is 6.65. The summed E-state index contributed by atoms with van der Waals surface area (Å²) in [5.41, 5.74) is 4.93. The maximum Gasteiger partial charge on any atom is 0.119 e. The van der Waals surface area contributed by atoms with Crippen LogP contribution in [0.3, 0.4) is 0 Å². The molecule has 6 rings (SSSR count). The van der Waals surface area contributed by atoms with Gasteiger partial charge in [-0.05, 0) is 60.3 Å². The fraction of sp³-hybridized carbons (Fsp3) is 0.333. The molecule has 0 spiro atoms. The first-order valence-electron chi connectivity index (χ1n) is 12.4. The number of ether oxygens (including phenoxy) is 1. The Morgan fingerprint density at radius 1 is 1.03 bits per heavy atom. The second kappa shape index (κ2) is 8.81. The number of H-pyrrole nitrogens is 1. The van der Waals surface area contributed by atoms with Crippen molar-refractivity contribution in [2.45, 2.75) is 36.7 Å². The molecule has 1 fully saturated rings. The van der Waals surface area contributed by atoms with Crippen LogP contribution < -0.4 is 4.74 Å². The number of nitrogens with one attached hydrogen (secondary N) is 1. The van der Waals surface area contributed by atoms with Gasteiger partial charge in [0.2, 0.25) is 0 Å². The molecule has 4 aromatic rings. The first kappa shape index (κ1) is 22.8. The van der Waals surface area contributed by atoms with Crippen LogP contribution in [0.15, 0.2) is 77.3 Å². The maximum absolute atomic E-state index is 12.6. The summed E-state index contributed by atoms with van der Waals surface area (Å²) in [7, 11) is 1.71. The monoisotopic (exact) mass is 530 g/mol. The Morgan fingerprint density at radius 2 is 1.89 bits per heavy atom. The standard InChI is InChI=1S/C30H31BrN2O2/c1-35-24-9-5-8-22(16-24)29-13-15-33(14-12-21-6-3-2-4-7-21)20-30(29,34)18-26-25-11-10-23(31)17-27(25)32-28(26)19-29/h2-11,16-17,32,34H,12-15,18-20H2,1H3/t29-,30-/m0/s1. The van der Waals surface area contributed by atoms with E-state index >= 15 is 0 Å². The first-order valence-corrected chi connectivity index (χ1v) is 13.2. The number of likely N-dealkylation sites (tertiary alicyclic amines) is 1. The van der Waals surface area contributed by atoms with Crippen LogP contribution in [-0.2, 0) is 24.7 Å². The van der Waals surface area contributed by atoms with E-state index in [1.54, 1.807) is 7.11 Å². The summed E-state index contributed by atoms with van der Waals surface area (Å²) in [6, 6.07) is 25.4. The molecule has 180 valence electrons. The van der Waals surface area contributed by atoms with Crippen molar-refractivity contribution in [3.8, 4) is 5.75 Å². The van der Waals surface area contributed by atoms with Gasteiger partial charge < -0.3 is 19.7 Å². The van der Waals surface area contributed by atoms with Crippen LogP contribution in [0.2, 0.25) is 0 Å². The largest absolute Gasteiger partial charge is 0.497 e. The predicted octanol–water partition coefficient (Wildman–Crippen LogP) is 5.66. The van der Waals surface area contributed by atoms with Crippen LogP contribution in [0, 0.1) is 0 Å². The number of halogens is 1. The average Bonchev–Trinajstić information content (AvgIpc) is 3.21. The van der Waals surface area contributed by atoms with Crippen molar-refractivity contribution < 1.29 is 9.84 Å². The molecule has 0 saturated carbocycles. The highest BCUT2D eigenvalue weighted by Crippen LogP contribution is 2.52. The molecule has 35 heavy (non-hydrogen) atoms. The third-order valence-electron chi connectivity index (χ3n) is 8.32. The van der Waals surface area contributed by atoms with Crippen molar-refractivity contribution in [1.29, 1.82) is 0 Å². The van der Waals surface area contributed by atoms with Crippen LogP contribution >= 0.6 is 15.9 Å². The van der Waals surface area contributed by atoms with Crippen molar-refractivity contribution in [2.75, 3.05) is 26.7 Å². The van der Waals surface area contributed by atoms with Crippen molar-refractivity contribution in [1.82, 2.24) is 9.88 Å². The molecule has 4 nitrogen and oxygen atoms in total. The molecule has 2 atom stereocenters. The van der Waals surface area contributed by atoms with E-state index in [0.29, 0.717) is 13.0 Å². The molecule has 0 radical (unpaired) electrons. The lowest BCUT2D eigenvalue weighted by atomic mass is 9.56. The molecule has 2 heterocycles. The number of methoxy groups -OCH3 is 1. The number of aliphatic hydroxyl groups is 1. The summed E-state index contributed by atoms with van der Waals surface area (Å²) >= 11 is 3.61. The van der Waals surface area contributed by atoms with E-state index < -0.39 is 5.60 Å². The highest BCUT2D eigenvalue weighted by atomic mass is 79.9. The Balaban J connectivity index is 1.40. The van der Waals surface area contributed by atoms with Gasteiger partial charge in [0.05, 0.1) is 12.7 Å². The maximum atomic E-state index is 12.6. The number of fused-ring (bicyclic) bond motifs is 4. The zero-order valence-electron chi connectivity index (χ0n) is 20.1. The fourth-order valence-electron chi connectivity index (χ4n) is 6.45. The number of piperidine rings is 1. The lowest BCUT2D eigenvalue weighted by molar-refractivity contribution is -0.102. The van der Waals surface area contributed by atoms with Gasteiger partial charge in [-0.25, -0.2) is 0 Å². The summed E-state index contributed by atoms with van der Waals surface area (Å²) in [4.78, 5) is 6.16. The minimum absolute atomic E-state index is 0.365. The Bertz CT molecular complexity index is 1370. The Labute approximate surface area is 215 Å². The molecule has 2 aliphatic rings. The molecular weight excluding hydrogens is 500 g/mol. The number of nitrogens with zero attached hydrogens (tertiary/aromatic N) is 1. The molecule has 3 aromatic carbocycles. The topological polar surface area (TPSA) is 48.5 Å². The summed E-state index contributed by atoms with van der Waals surface area (Å²) in [5, 5.41) is 13.8. The number of hydrogen-bond acceptors (Lipinski definition) is 3. The lowest BCUT2D eigenvalue weighted by Gasteiger charge is -2.56. The molecule has 0 unspecified atom stereocenters. The Kier molecular flexibility index (Phi) is 5.75. The van der Waals surface area contributed by atoms with Gasteiger partial charge in [0, 0.05) is 52.4 Å². The number of aromatic amines is 1. The van der Waals surface area contributed by atoms with Crippen molar-refractivity contribution in [3.05, 3.63) is 99.7 Å². The minimum Gasteiger partial charge on any atom is -0.497 e. The number of hydrogen-bond donors (Lipinski definition) is 2. The molecule has 5 heteroatoms. The SMILES string of the molecule is COc1cccc([C@@]23CCN(CCc4ccccc4)C[C@@]2(O)Cc2c([nH]c4cc(Br)ccc24)C3)c1. The van der Waals surface area contributed by atoms with Gasteiger partial charge in [0.25, 0.3) is 0 Å². The van der Waals surface area contributed by atoms with Gasteiger partial charge in [0.1, 0.15) is 5.75 Å². The van der Waals surface area contributed by atoms with Gasteiger partial charge in [-0.3, -0.25) is 0 Å². The highest BCUT2D eigenvalue weighted by Gasteiger charge is 2.57. The number of aromatic nitrogens is 1. The van der Waals surface area contributed by atoms with Gasteiger partial charge >= 0.3 is 0 Å². The molecule has 2 N–H and O–H groups in total. The molecule has 1 aliphatic heterocycles. The van der Waals surface area contributed by atoms with E-state index in [0.717, 1.165) is 48.1 Å². The fourth-order valence-corrected chi connectivity index (χ4v) is 6.81. The highest BCUT2D eigenvalue weighted by molar-refractivity contribution is 9.10. The van der Waals surface area contributed by atoms with Gasteiger partial charge in [0.15, 0.2) is 0 Å². The third-order valence-corrected chi connectivity index (χ3v) is 8.81. The van der Waals surface area contributed by atoms with E-state index in [4.69, 9.17) is 4.74 Å². The van der Waals surface area contributed by atoms with E-state index in [-0.39, 0.29) is 5.41 Å². The first-order chi connectivity index (χ1) is 17.0. The predicted molar refractivity (Wildman–Crippen MR) is 144 cm³/mol. The quantitative estimate of drug-likeness (QED) is 0.350.